The summed E-state index contributed by atoms with van der Waals surface area (Å²) < 4.78 is 1.77. The van der Waals surface area contributed by atoms with E-state index in [1.807, 2.05) is 55.1 Å². The van der Waals surface area contributed by atoms with E-state index in [0.29, 0.717) is 22.8 Å². The summed E-state index contributed by atoms with van der Waals surface area (Å²) in [5.41, 5.74) is 3.07. The first-order valence-corrected chi connectivity index (χ1v) is 11.3. The van der Waals surface area contributed by atoms with Gasteiger partial charge in [0.05, 0.1) is 28.9 Å². The van der Waals surface area contributed by atoms with Crippen molar-refractivity contribution in [3.8, 4) is 5.82 Å². The molecule has 31 heavy (non-hydrogen) atoms. The Hall–Kier alpha value is -3.13. The first-order valence-electron chi connectivity index (χ1n) is 10.3. The highest BCUT2D eigenvalue weighted by molar-refractivity contribution is 8.00. The van der Waals surface area contributed by atoms with Gasteiger partial charge in [-0.05, 0) is 57.0 Å². The van der Waals surface area contributed by atoms with Gasteiger partial charge in [-0.25, -0.2) is 9.67 Å². The molecule has 1 aliphatic heterocycles. The molecular formula is C23H25N5O2S. The van der Waals surface area contributed by atoms with Crippen LogP contribution in [0, 0.1) is 13.8 Å². The average molecular weight is 436 g/mol. The molecule has 2 aromatic heterocycles. The fourth-order valence-electron chi connectivity index (χ4n) is 3.62. The second kappa shape index (κ2) is 9.34. The normalized spacial score (nSPS) is 13.4. The molecule has 7 nitrogen and oxygen atoms in total. The smallest absolute Gasteiger partial charge is 0.256 e. The molecule has 0 spiro atoms. The van der Waals surface area contributed by atoms with Crippen LogP contribution in [0.1, 0.15) is 34.6 Å². The van der Waals surface area contributed by atoms with Crippen molar-refractivity contribution in [2.24, 2.45) is 0 Å². The molecule has 1 aliphatic rings. The van der Waals surface area contributed by atoms with Crippen molar-refractivity contribution < 1.29 is 9.59 Å². The van der Waals surface area contributed by atoms with Gasteiger partial charge in [0.25, 0.3) is 5.91 Å². The van der Waals surface area contributed by atoms with Crippen molar-refractivity contribution in [2.75, 3.05) is 24.2 Å². The molecule has 1 aromatic carbocycles. The van der Waals surface area contributed by atoms with Gasteiger partial charge in [-0.1, -0.05) is 12.1 Å². The second-order valence-electron chi connectivity index (χ2n) is 7.57. The van der Waals surface area contributed by atoms with Gasteiger partial charge in [-0.2, -0.15) is 5.10 Å². The van der Waals surface area contributed by atoms with E-state index in [0.717, 1.165) is 42.2 Å². The maximum atomic E-state index is 12.9. The predicted octanol–water partition coefficient (Wildman–Crippen LogP) is 3.85. The number of pyridine rings is 1. The number of rotatable bonds is 6. The van der Waals surface area contributed by atoms with E-state index in [1.165, 1.54) is 11.8 Å². The van der Waals surface area contributed by atoms with E-state index >= 15 is 0 Å². The lowest BCUT2D eigenvalue weighted by molar-refractivity contribution is -0.127. The number of carbonyl (C=O) groups is 2. The number of benzene rings is 1. The van der Waals surface area contributed by atoms with Gasteiger partial charge < -0.3 is 10.2 Å². The van der Waals surface area contributed by atoms with Gasteiger partial charge in [-0.3, -0.25) is 9.59 Å². The lowest BCUT2D eigenvalue weighted by Crippen LogP contribution is -2.29. The fourth-order valence-corrected chi connectivity index (χ4v) is 4.57. The molecule has 0 unspecified atom stereocenters. The lowest BCUT2D eigenvalue weighted by Gasteiger charge is -2.15. The summed E-state index contributed by atoms with van der Waals surface area (Å²) in [7, 11) is 0. The Bertz CT molecular complexity index is 1090. The number of aromatic nitrogens is 3. The third-order valence-corrected chi connectivity index (χ3v) is 6.23. The summed E-state index contributed by atoms with van der Waals surface area (Å²) in [5.74, 6) is 0.933. The number of amides is 2. The second-order valence-corrected chi connectivity index (χ2v) is 8.59. The van der Waals surface area contributed by atoms with Crippen LogP contribution in [0.25, 0.3) is 5.82 Å². The molecule has 8 heteroatoms. The summed E-state index contributed by atoms with van der Waals surface area (Å²) in [5, 5.41) is 7.33. The van der Waals surface area contributed by atoms with Gasteiger partial charge in [0.1, 0.15) is 0 Å². The summed E-state index contributed by atoms with van der Waals surface area (Å²) in [6, 6.07) is 13.0. The molecule has 3 heterocycles. The fraction of sp³-hybridized carbons (Fsp3) is 0.304. The van der Waals surface area contributed by atoms with Crippen molar-refractivity contribution >= 4 is 29.3 Å². The third-order valence-electron chi connectivity index (χ3n) is 5.17. The molecule has 2 amide bonds. The Morgan fingerprint density at radius 2 is 1.87 bits per heavy atom. The van der Waals surface area contributed by atoms with Crippen molar-refractivity contribution in [1.29, 1.82) is 0 Å². The van der Waals surface area contributed by atoms with E-state index in [1.54, 1.807) is 16.9 Å². The minimum atomic E-state index is -0.225. The first-order chi connectivity index (χ1) is 15.0. The van der Waals surface area contributed by atoms with Crippen LogP contribution < -0.4 is 5.32 Å². The summed E-state index contributed by atoms with van der Waals surface area (Å²) in [4.78, 5) is 32.3. The molecule has 0 atom stereocenters. The molecule has 0 saturated carbocycles. The number of hydrogen-bond acceptors (Lipinski definition) is 5. The minimum absolute atomic E-state index is 0.127. The van der Waals surface area contributed by atoms with Gasteiger partial charge in [0.15, 0.2) is 5.82 Å². The van der Waals surface area contributed by atoms with Gasteiger partial charge >= 0.3 is 0 Å². The summed E-state index contributed by atoms with van der Waals surface area (Å²) in [6.07, 6.45) is 3.76. The first kappa shape index (κ1) is 21.1. The highest BCUT2D eigenvalue weighted by Gasteiger charge is 2.19. The molecule has 4 rings (SSSR count). The Morgan fingerprint density at radius 3 is 2.55 bits per heavy atom. The number of aryl methyl sites for hydroxylation is 2. The number of nitrogens with one attached hydrogen (secondary N) is 1. The van der Waals surface area contributed by atoms with Gasteiger partial charge in [0, 0.05) is 23.7 Å². The monoisotopic (exact) mass is 435 g/mol. The minimum Gasteiger partial charge on any atom is -0.342 e. The SMILES string of the molecule is Cc1cc(C)n(-c2ccc(NC(=O)c3ccccc3SCC(=O)N3CCCC3)cn2)n1. The number of anilines is 1. The van der Waals surface area contributed by atoms with Crippen LogP contribution in [-0.2, 0) is 4.79 Å². The Morgan fingerprint density at radius 1 is 1.10 bits per heavy atom. The van der Waals surface area contributed by atoms with E-state index in [9.17, 15) is 9.59 Å². The number of thioether (sulfide) groups is 1. The molecule has 1 N–H and O–H groups in total. The van der Waals surface area contributed by atoms with Crippen LogP contribution in [-0.4, -0.2) is 50.3 Å². The zero-order valence-electron chi connectivity index (χ0n) is 17.7. The standard InChI is InChI=1S/C23H25N5O2S/c1-16-13-17(2)28(26-16)21-10-9-18(14-24-21)25-23(30)19-7-3-4-8-20(19)31-15-22(29)27-11-5-6-12-27/h3-4,7-10,13-14H,5-6,11-12,15H2,1-2H3,(H,25,30). The Kier molecular flexibility index (Phi) is 6.36. The quantitative estimate of drug-likeness (QED) is 0.595. The largest absolute Gasteiger partial charge is 0.342 e. The summed E-state index contributed by atoms with van der Waals surface area (Å²) >= 11 is 1.41. The van der Waals surface area contributed by atoms with Crippen molar-refractivity contribution in [1.82, 2.24) is 19.7 Å². The molecular weight excluding hydrogens is 410 g/mol. The van der Waals surface area contributed by atoms with Crippen LogP contribution in [0.4, 0.5) is 5.69 Å². The van der Waals surface area contributed by atoms with Crippen LogP contribution in [0.3, 0.4) is 0 Å². The van der Waals surface area contributed by atoms with Crippen LogP contribution in [0.15, 0.2) is 53.6 Å². The lowest BCUT2D eigenvalue weighted by atomic mass is 10.2. The molecule has 0 bridgehead atoms. The van der Waals surface area contributed by atoms with Gasteiger partial charge in [0.2, 0.25) is 5.91 Å². The molecule has 1 fully saturated rings. The third kappa shape index (κ3) is 4.96. The summed E-state index contributed by atoms with van der Waals surface area (Å²) in [6.45, 7) is 5.58. The maximum Gasteiger partial charge on any atom is 0.256 e. The zero-order valence-corrected chi connectivity index (χ0v) is 18.5. The number of likely N-dealkylation sites (tertiary alicyclic amines) is 1. The number of nitrogens with zero attached hydrogens (tertiary/aromatic N) is 4. The van der Waals surface area contributed by atoms with E-state index in [-0.39, 0.29) is 11.8 Å². The molecule has 0 aliphatic carbocycles. The highest BCUT2D eigenvalue weighted by Crippen LogP contribution is 2.25. The maximum absolute atomic E-state index is 12.9. The average Bonchev–Trinajstić information content (AvgIpc) is 3.42. The topological polar surface area (TPSA) is 80.1 Å². The number of hydrogen-bond donors (Lipinski definition) is 1. The van der Waals surface area contributed by atoms with E-state index < -0.39 is 0 Å². The van der Waals surface area contributed by atoms with E-state index in [4.69, 9.17) is 0 Å². The van der Waals surface area contributed by atoms with Crippen LogP contribution in [0.5, 0.6) is 0 Å². The number of carbonyl (C=O) groups excluding carboxylic acids is 2. The predicted molar refractivity (Wildman–Crippen MR) is 122 cm³/mol. The van der Waals surface area contributed by atoms with Gasteiger partial charge in [-0.15, -0.1) is 11.8 Å². The highest BCUT2D eigenvalue weighted by atomic mass is 32.2. The Balaban J connectivity index is 1.42. The molecule has 3 aromatic rings. The zero-order chi connectivity index (χ0) is 21.8. The Labute approximate surface area is 185 Å². The van der Waals surface area contributed by atoms with Crippen molar-refractivity contribution in [3.05, 3.63) is 65.6 Å². The van der Waals surface area contributed by atoms with E-state index in [2.05, 4.69) is 15.4 Å². The van der Waals surface area contributed by atoms with Crippen LogP contribution in [0.2, 0.25) is 0 Å². The van der Waals surface area contributed by atoms with Crippen molar-refractivity contribution in [2.45, 2.75) is 31.6 Å². The molecule has 1 saturated heterocycles. The van der Waals surface area contributed by atoms with Crippen LogP contribution >= 0.6 is 11.8 Å². The molecule has 0 radical (unpaired) electrons. The van der Waals surface area contributed by atoms with Crippen molar-refractivity contribution in [3.63, 3.8) is 0 Å². The molecule has 160 valence electrons.